The van der Waals surface area contributed by atoms with E-state index in [4.69, 9.17) is 15.2 Å². The van der Waals surface area contributed by atoms with Gasteiger partial charge in [0.2, 0.25) is 0 Å². The maximum Gasteiger partial charge on any atom is 0.340 e. The quantitative estimate of drug-likeness (QED) is 0.682. The Labute approximate surface area is 146 Å². The second-order valence-corrected chi connectivity index (χ2v) is 6.03. The summed E-state index contributed by atoms with van der Waals surface area (Å²) < 4.78 is 10.6. The number of benzene rings is 1. The minimum absolute atomic E-state index is 0.113. The number of hydrogen-bond donors (Lipinski definition) is 1. The Morgan fingerprint density at radius 3 is 2.72 bits per heavy atom. The summed E-state index contributed by atoms with van der Waals surface area (Å²) in [6.07, 6.45) is 1.81. The van der Waals surface area contributed by atoms with Crippen LogP contribution in [0.1, 0.15) is 45.3 Å². The van der Waals surface area contributed by atoms with Gasteiger partial charge in [0, 0.05) is 5.56 Å². The number of ether oxygens (including phenoxy) is 2. The standard InChI is InChI=1S/C19H20N2O4/c1-10-15(19(23)24-3)17(16(11(2)22)18(20)21-10)13-6-7-14-12(9-13)5-4-8-25-14/h6-7,9H,4-5,8H2,1-3H3,(H2,20,21). The molecule has 2 aromatic rings. The number of hydrogen-bond acceptors (Lipinski definition) is 6. The Bertz CT molecular complexity index is 874. The van der Waals surface area contributed by atoms with Gasteiger partial charge in [0.25, 0.3) is 0 Å². The lowest BCUT2D eigenvalue weighted by atomic mass is 9.90. The monoisotopic (exact) mass is 340 g/mol. The van der Waals surface area contributed by atoms with Crippen LogP contribution < -0.4 is 10.5 Å². The molecule has 0 unspecified atom stereocenters. The number of ketones is 1. The molecule has 0 saturated heterocycles. The average Bonchev–Trinajstić information content (AvgIpc) is 2.59. The Hall–Kier alpha value is -2.89. The molecule has 1 aliphatic rings. The molecule has 0 bridgehead atoms. The summed E-state index contributed by atoms with van der Waals surface area (Å²) in [5, 5.41) is 0. The third kappa shape index (κ3) is 2.95. The lowest BCUT2D eigenvalue weighted by Crippen LogP contribution is -2.15. The molecule has 0 atom stereocenters. The van der Waals surface area contributed by atoms with Crippen molar-refractivity contribution in [2.75, 3.05) is 19.5 Å². The summed E-state index contributed by atoms with van der Waals surface area (Å²) in [5.74, 6) is 0.148. The van der Waals surface area contributed by atoms with E-state index in [1.165, 1.54) is 14.0 Å². The first kappa shape index (κ1) is 17.0. The summed E-state index contributed by atoms with van der Waals surface area (Å²) in [6, 6.07) is 5.64. The molecule has 2 heterocycles. The Balaban J connectivity index is 2.33. The largest absolute Gasteiger partial charge is 0.493 e. The van der Waals surface area contributed by atoms with Crippen LogP contribution in [0.25, 0.3) is 11.1 Å². The van der Waals surface area contributed by atoms with Gasteiger partial charge in [-0.25, -0.2) is 9.78 Å². The van der Waals surface area contributed by atoms with E-state index in [0.29, 0.717) is 17.9 Å². The molecule has 25 heavy (non-hydrogen) atoms. The summed E-state index contributed by atoms with van der Waals surface area (Å²) in [6.45, 7) is 3.78. The van der Waals surface area contributed by atoms with Gasteiger partial charge in [-0.2, -0.15) is 0 Å². The number of anilines is 1. The van der Waals surface area contributed by atoms with Gasteiger partial charge in [-0.3, -0.25) is 4.79 Å². The molecule has 6 nitrogen and oxygen atoms in total. The number of nitrogens with two attached hydrogens (primary N) is 1. The molecule has 0 spiro atoms. The highest BCUT2D eigenvalue weighted by Crippen LogP contribution is 2.36. The first-order chi connectivity index (χ1) is 11.9. The normalized spacial score (nSPS) is 12.9. The number of carbonyl (C=O) groups is 2. The van der Waals surface area contributed by atoms with Crippen LogP contribution in [0.4, 0.5) is 5.82 Å². The highest BCUT2D eigenvalue weighted by Gasteiger charge is 2.26. The highest BCUT2D eigenvalue weighted by molar-refractivity contribution is 6.10. The number of methoxy groups -OCH3 is 1. The van der Waals surface area contributed by atoms with Crippen LogP contribution in [-0.2, 0) is 11.2 Å². The fourth-order valence-electron chi connectivity index (χ4n) is 3.24. The molecule has 1 aromatic carbocycles. The first-order valence-corrected chi connectivity index (χ1v) is 8.09. The number of rotatable bonds is 3. The predicted molar refractivity (Wildman–Crippen MR) is 94.0 cm³/mol. The van der Waals surface area contributed by atoms with Gasteiger partial charge in [0.05, 0.1) is 30.5 Å². The van der Waals surface area contributed by atoms with E-state index in [1.54, 1.807) is 6.92 Å². The first-order valence-electron chi connectivity index (χ1n) is 8.09. The van der Waals surface area contributed by atoms with Crippen molar-refractivity contribution < 1.29 is 19.1 Å². The third-order valence-corrected chi connectivity index (χ3v) is 4.34. The van der Waals surface area contributed by atoms with Gasteiger partial charge < -0.3 is 15.2 Å². The second-order valence-electron chi connectivity index (χ2n) is 6.03. The van der Waals surface area contributed by atoms with Gasteiger partial charge in [-0.05, 0) is 49.9 Å². The van der Waals surface area contributed by atoms with E-state index in [-0.39, 0.29) is 22.7 Å². The smallest absolute Gasteiger partial charge is 0.340 e. The molecule has 1 aromatic heterocycles. The molecule has 0 radical (unpaired) electrons. The van der Waals surface area contributed by atoms with Gasteiger partial charge in [-0.1, -0.05) is 6.07 Å². The Kier molecular flexibility index (Phi) is 4.44. The SMILES string of the molecule is COC(=O)c1c(C)nc(N)c(C(C)=O)c1-c1ccc2c(c1)CCCO2. The number of aromatic nitrogens is 1. The van der Waals surface area contributed by atoms with Crippen molar-refractivity contribution >= 4 is 17.6 Å². The van der Waals surface area contributed by atoms with Crippen LogP contribution in [0, 0.1) is 6.92 Å². The van der Waals surface area contributed by atoms with E-state index in [9.17, 15) is 9.59 Å². The highest BCUT2D eigenvalue weighted by atomic mass is 16.5. The van der Waals surface area contributed by atoms with Crippen LogP contribution in [0.5, 0.6) is 5.75 Å². The third-order valence-electron chi connectivity index (χ3n) is 4.34. The van der Waals surface area contributed by atoms with Crippen molar-refractivity contribution in [1.82, 2.24) is 4.98 Å². The maximum atomic E-state index is 12.4. The van der Waals surface area contributed by atoms with Crippen molar-refractivity contribution in [3.63, 3.8) is 0 Å². The predicted octanol–water partition coefficient (Wildman–Crippen LogP) is 2.95. The number of esters is 1. The zero-order chi connectivity index (χ0) is 18.1. The number of nitrogen functional groups attached to an aromatic ring is 1. The molecule has 1 aliphatic heterocycles. The lowest BCUT2D eigenvalue weighted by Gasteiger charge is -2.20. The number of Topliss-reactive ketones (excluding diaryl/α,β-unsaturated/α-hetero) is 1. The number of nitrogens with zero attached hydrogens (tertiary/aromatic N) is 1. The van der Waals surface area contributed by atoms with Crippen LogP contribution >= 0.6 is 0 Å². The summed E-state index contributed by atoms with van der Waals surface area (Å²) >= 11 is 0. The van der Waals surface area contributed by atoms with Crippen molar-refractivity contribution in [3.05, 3.63) is 40.6 Å². The minimum atomic E-state index is -0.545. The van der Waals surface area contributed by atoms with Crippen LogP contribution in [0.2, 0.25) is 0 Å². The summed E-state index contributed by atoms with van der Waals surface area (Å²) in [4.78, 5) is 28.8. The molecule has 0 saturated carbocycles. The van der Waals surface area contributed by atoms with Crippen LogP contribution in [0.15, 0.2) is 18.2 Å². The van der Waals surface area contributed by atoms with E-state index in [1.807, 2.05) is 18.2 Å². The molecule has 2 N–H and O–H groups in total. The number of carbonyl (C=O) groups excluding carboxylic acids is 2. The fourth-order valence-corrected chi connectivity index (χ4v) is 3.24. The molecule has 130 valence electrons. The molecule has 0 amide bonds. The van der Waals surface area contributed by atoms with Crippen molar-refractivity contribution in [3.8, 4) is 16.9 Å². The zero-order valence-electron chi connectivity index (χ0n) is 14.5. The van der Waals surface area contributed by atoms with Crippen molar-refractivity contribution in [2.24, 2.45) is 0 Å². The number of aryl methyl sites for hydroxylation is 2. The van der Waals surface area contributed by atoms with Crippen molar-refractivity contribution in [2.45, 2.75) is 26.7 Å². The number of fused-ring (bicyclic) bond motifs is 1. The molecular formula is C19H20N2O4. The molecule has 3 rings (SSSR count). The summed E-state index contributed by atoms with van der Waals surface area (Å²) in [7, 11) is 1.30. The van der Waals surface area contributed by atoms with E-state index >= 15 is 0 Å². The molecular weight excluding hydrogens is 320 g/mol. The van der Waals surface area contributed by atoms with E-state index < -0.39 is 5.97 Å². The van der Waals surface area contributed by atoms with Gasteiger partial charge in [0.1, 0.15) is 11.6 Å². The van der Waals surface area contributed by atoms with Gasteiger partial charge >= 0.3 is 5.97 Å². The van der Waals surface area contributed by atoms with E-state index in [0.717, 1.165) is 29.7 Å². The second kappa shape index (κ2) is 6.55. The summed E-state index contributed by atoms with van der Waals surface area (Å²) in [5.41, 5.74) is 9.17. The van der Waals surface area contributed by atoms with Crippen LogP contribution in [0.3, 0.4) is 0 Å². The van der Waals surface area contributed by atoms with Gasteiger partial charge in [-0.15, -0.1) is 0 Å². The van der Waals surface area contributed by atoms with Gasteiger partial charge in [0.15, 0.2) is 5.78 Å². The zero-order valence-corrected chi connectivity index (χ0v) is 14.5. The maximum absolute atomic E-state index is 12.4. The number of pyridine rings is 1. The molecule has 0 aliphatic carbocycles. The Morgan fingerprint density at radius 1 is 1.28 bits per heavy atom. The topological polar surface area (TPSA) is 91.5 Å². The minimum Gasteiger partial charge on any atom is -0.493 e. The van der Waals surface area contributed by atoms with Crippen molar-refractivity contribution in [1.29, 1.82) is 0 Å². The van der Waals surface area contributed by atoms with E-state index in [2.05, 4.69) is 4.98 Å². The lowest BCUT2D eigenvalue weighted by molar-refractivity contribution is 0.0600. The molecule has 0 fully saturated rings. The fraction of sp³-hybridized carbons (Fsp3) is 0.316. The Morgan fingerprint density at radius 2 is 2.04 bits per heavy atom. The van der Waals surface area contributed by atoms with Crippen LogP contribution in [-0.4, -0.2) is 30.5 Å². The molecule has 6 heteroatoms. The average molecular weight is 340 g/mol.